The normalized spacial score (nSPS) is 14.5. The Morgan fingerprint density at radius 2 is 1.63 bits per heavy atom. The van der Waals surface area contributed by atoms with Crippen molar-refractivity contribution in [2.24, 2.45) is 0 Å². The number of thioether (sulfide) groups is 1. The summed E-state index contributed by atoms with van der Waals surface area (Å²) >= 11 is 1.22. The average Bonchev–Trinajstić information content (AvgIpc) is 2.97. The first-order valence-electron chi connectivity index (χ1n) is 13.1. The van der Waals surface area contributed by atoms with E-state index in [-0.39, 0.29) is 24.2 Å². The molecule has 208 valence electrons. The van der Waals surface area contributed by atoms with Crippen LogP contribution in [0.1, 0.15) is 41.3 Å². The summed E-state index contributed by atoms with van der Waals surface area (Å²) in [7, 11) is 0. The fourth-order valence-corrected chi connectivity index (χ4v) is 5.34. The van der Waals surface area contributed by atoms with Gasteiger partial charge in [0.05, 0.1) is 40.5 Å². The number of amides is 2. The molecule has 1 unspecified atom stereocenters. The zero-order valence-corrected chi connectivity index (χ0v) is 23.8. The monoisotopic (exact) mass is 566 g/mol. The molecule has 1 heterocycles. The van der Waals surface area contributed by atoms with E-state index in [0.717, 1.165) is 16.8 Å². The number of rotatable bonds is 9. The van der Waals surface area contributed by atoms with Crippen LogP contribution < -0.4 is 16.0 Å². The summed E-state index contributed by atoms with van der Waals surface area (Å²) in [6.45, 7) is 5.70. The first-order chi connectivity index (χ1) is 19.8. The van der Waals surface area contributed by atoms with E-state index in [0.29, 0.717) is 33.1 Å². The number of nitrogens with one attached hydrogen (secondary N) is 3. The van der Waals surface area contributed by atoms with Gasteiger partial charge in [-0.15, -0.1) is 0 Å². The van der Waals surface area contributed by atoms with Gasteiger partial charge < -0.3 is 20.7 Å². The zero-order chi connectivity index (χ0) is 29.4. The predicted molar refractivity (Wildman–Crippen MR) is 161 cm³/mol. The highest BCUT2D eigenvalue weighted by Crippen LogP contribution is 2.41. The summed E-state index contributed by atoms with van der Waals surface area (Å²) in [5.74, 6) is -1.61. The van der Waals surface area contributed by atoms with Crippen molar-refractivity contribution in [1.82, 2.24) is 5.32 Å². The summed E-state index contributed by atoms with van der Waals surface area (Å²) in [4.78, 5) is 38.4. The molecule has 3 aromatic carbocycles. The van der Waals surface area contributed by atoms with Gasteiger partial charge in [-0.3, -0.25) is 9.59 Å². The largest absolute Gasteiger partial charge is 0.462 e. The first-order valence-corrected chi connectivity index (χ1v) is 14.0. The van der Waals surface area contributed by atoms with Crippen LogP contribution in [0, 0.1) is 18.3 Å². The number of carbonyl (C=O) groups is 3. The number of benzene rings is 3. The summed E-state index contributed by atoms with van der Waals surface area (Å²) < 4.78 is 5.02. The molecule has 1 aliphatic heterocycles. The molecule has 0 aliphatic carbocycles. The van der Waals surface area contributed by atoms with E-state index in [2.05, 4.69) is 22.0 Å². The molecule has 0 saturated heterocycles. The lowest BCUT2D eigenvalue weighted by Crippen LogP contribution is -2.31. The number of allylic oxidation sites excluding steroid dienone is 2. The molecule has 1 atom stereocenters. The van der Waals surface area contributed by atoms with Gasteiger partial charge in [-0.1, -0.05) is 60.3 Å². The summed E-state index contributed by atoms with van der Waals surface area (Å²) in [5.41, 5.74) is 4.63. The highest BCUT2D eigenvalue weighted by atomic mass is 32.2. The maximum absolute atomic E-state index is 13.6. The summed E-state index contributed by atoms with van der Waals surface area (Å²) in [5, 5.41) is 19.8. The maximum atomic E-state index is 13.6. The lowest BCUT2D eigenvalue weighted by atomic mass is 9.82. The van der Waals surface area contributed by atoms with Crippen LogP contribution in [-0.4, -0.2) is 30.1 Å². The van der Waals surface area contributed by atoms with Gasteiger partial charge in [-0.2, -0.15) is 5.26 Å². The van der Waals surface area contributed by atoms with Gasteiger partial charge in [0.1, 0.15) is 0 Å². The van der Waals surface area contributed by atoms with Crippen molar-refractivity contribution in [1.29, 1.82) is 5.26 Å². The van der Waals surface area contributed by atoms with Crippen LogP contribution in [0.2, 0.25) is 0 Å². The van der Waals surface area contributed by atoms with E-state index in [1.54, 1.807) is 38.1 Å². The number of hydrogen-bond donors (Lipinski definition) is 3. The summed E-state index contributed by atoms with van der Waals surface area (Å²) in [6.07, 6.45) is 0. The highest BCUT2D eigenvalue weighted by molar-refractivity contribution is 8.03. The van der Waals surface area contributed by atoms with Gasteiger partial charge in [0.25, 0.3) is 5.91 Å². The van der Waals surface area contributed by atoms with Crippen LogP contribution in [0.15, 0.2) is 101 Å². The molecule has 0 spiro atoms. The molecule has 41 heavy (non-hydrogen) atoms. The lowest BCUT2D eigenvalue weighted by Gasteiger charge is -2.30. The number of hydrogen-bond acceptors (Lipinski definition) is 7. The van der Waals surface area contributed by atoms with Crippen molar-refractivity contribution in [2.75, 3.05) is 23.0 Å². The molecule has 8 nitrogen and oxygen atoms in total. The van der Waals surface area contributed by atoms with Crippen LogP contribution in [0.3, 0.4) is 0 Å². The van der Waals surface area contributed by atoms with E-state index in [1.807, 2.05) is 61.5 Å². The van der Waals surface area contributed by atoms with E-state index in [4.69, 9.17) is 4.74 Å². The highest BCUT2D eigenvalue weighted by Gasteiger charge is 2.34. The SMILES string of the molecule is CCOC(=O)c1ccc(NC(=O)C2=C(C)NC(SCC(=O)Nc3ccccc3C)=C(C#N)C2c2ccccc2)cc1. The number of dihydropyridines is 1. The number of aryl methyl sites for hydroxylation is 1. The van der Waals surface area contributed by atoms with E-state index in [9.17, 15) is 19.6 Å². The predicted octanol–water partition coefficient (Wildman–Crippen LogP) is 5.88. The van der Waals surface area contributed by atoms with Crippen LogP contribution >= 0.6 is 11.8 Å². The van der Waals surface area contributed by atoms with Crippen LogP contribution in [0.4, 0.5) is 11.4 Å². The quantitative estimate of drug-likeness (QED) is 0.277. The Balaban J connectivity index is 1.58. The Bertz CT molecular complexity index is 1560. The molecule has 1 aliphatic rings. The Morgan fingerprint density at radius 3 is 2.29 bits per heavy atom. The standard InChI is InChI=1S/C32H30N4O4S/c1-4-40-32(39)23-14-16-24(17-15-23)35-30(38)28-21(3)34-31(25(18-33)29(28)22-11-6-5-7-12-22)41-19-27(37)36-26-13-9-8-10-20(26)2/h5-17,29,34H,4,19H2,1-3H3,(H,35,38)(H,36,37). The maximum Gasteiger partial charge on any atom is 0.338 e. The molecule has 0 bridgehead atoms. The van der Waals surface area contributed by atoms with Crippen LogP contribution in [0.25, 0.3) is 0 Å². The molecule has 4 rings (SSSR count). The molecular weight excluding hydrogens is 536 g/mol. The zero-order valence-electron chi connectivity index (χ0n) is 23.0. The van der Waals surface area contributed by atoms with Gasteiger partial charge in [-0.25, -0.2) is 4.79 Å². The Hall–Kier alpha value is -4.81. The van der Waals surface area contributed by atoms with E-state index >= 15 is 0 Å². The third-order valence-electron chi connectivity index (χ3n) is 6.45. The molecule has 9 heteroatoms. The number of esters is 1. The Labute approximate surface area is 243 Å². The van der Waals surface area contributed by atoms with Crippen LogP contribution in [0.5, 0.6) is 0 Å². The average molecular weight is 567 g/mol. The number of carbonyl (C=O) groups excluding carboxylic acids is 3. The van der Waals surface area contributed by atoms with Crippen molar-refractivity contribution in [2.45, 2.75) is 26.7 Å². The number of nitriles is 1. The van der Waals surface area contributed by atoms with Crippen molar-refractivity contribution >= 4 is 40.9 Å². The van der Waals surface area contributed by atoms with Gasteiger partial charge in [-0.05, 0) is 62.2 Å². The minimum absolute atomic E-state index is 0.0744. The molecular formula is C32H30N4O4S. The van der Waals surface area contributed by atoms with Crippen LogP contribution in [-0.2, 0) is 14.3 Å². The molecule has 0 radical (unpaired) electrons. The van der Waals surface area contributed by atoms with Crippen molar-refractivity contribution in [3.63, 3.8) is 0 Å². The van der Waals surface area contributed by atoms with E-state index in [1.165, 1.54) is 11.8 Å². The molecule has 0 aromatic heterocycles. The van der Waals surface area contributed by atoms with E-state index < -0.39 is 11.9 Å². The van der Waals surface area contributed by atoms with Gasteiger partial charge >= 0.3 is 5.97 Å². The number of ether oxygens (including phenoxy) is 1. The number of para-hydroxylation sites is 1. The van der Waals surface area contributed by atoms with Crippen molar-refractivity contribution in [3.05, 3.63) is 117 Å². The third-order valence-corrected chi connectivity index (χ3v) is 7.46. The molecule has 0 fully saturated rings. The fraction of sp³-hybridized carbons (Fsp3) is 0.188. The first kappa shape index (κ1) is 29.2. The topological polar surface area (TPSA) is 120 Å². The minimum atomic E-state index is -0.650. The minimum Gasteiger partial charge on any atom is -0.462 e. The molecule has 3 aromatic rings. The number of anilines is 2. The Morgan fingerprint density at radius 1 is 0.951 bits per heavy atom. The lowest BCUT2D eigenvalue weighted by molar-refractivity contribution is -0.114. The van der Waals surface area contributed by atoms with Crippen molar-refractivity contribution in [3.8, 4) is 6.07 Å². The second-order valence-corrected chi connectivity index (χ2v) is 10.3. The fourth-order valence-electron chi connectivity index (χ4n) is 4.45. The second kappa shape index (κ2) is 13.5. The number of nitrogens with zero attached hydrogens (tertiary/aromatic N) is 1. The molecule has 0 saturated carbocycles. The summed E-state index contributed by atoms with van der Waals surface area (Å²) in [6, 6.07) is 25.5. The van der Waals surface area contributed by atoms with Crippen molar-refractivity contribution < 1.29 is 19.1 Å². The smallest absolute Gasteiger partial charge is 0.338 e. The van der Waals surface area contributed by atoms with Gasteiger partial charge in [0.2, 0.25) is 5.91 Å². The molecule has 2 amide bonds. The van der Waals surface area contributed by atoms with Gasteiger partial charge in [0, 0.05) is 22.6 Å². The second-order valence-electron chi connectivity index (χ2n) is 9.27. The van der Waals surface area contributed by atoms with Gasteiger partial charge in [0.15, 0.2) is 0 Å². The Kier molecular flexibility index (Phi) is 9.61. The third kappa shape index (κ3) is 7.04. The molecule has 3 N–H and O–H groups in total.